The Morgan fingerprint density at radius 1 is 1.21 bits per heavy atom. The van der Waals surface area contributed by atoms with Crippen LogP contribution in [0, 0.1) is 0 Å². The quantitative estimate of drug-likeness (QED) is 0.135. The van der Waals surface area contributed by atoms with Gasteiger partial charge in [0, 0.05) is 16.5 Å². The molecule has 0 unspecified atom stereocenters. The molecule has 2 aliphatic heterocycles. The molecule has 4 N–H and O–H groups in total. The first-order valence-electron chi connectivity index (χ1n) is 12.4. The zero-order valence-electron chi connectivity index (χ0n) is 20.7. The van der Waals surface area contributed by atoms with Gasteiger partial charge in [-0.25, -0.2) is 9.78 Å². The van der Waals surface area contributed by atoms with Crippen molar-refractivity contribution < 1.29 is 24.2 Å². The van der Waals surface area contributed by atoms with Crippen molar-refractivity contribution in [2.24, 2.45) is 5.73 Å². The molecule has 0 spiro atoms. The number of aliphatic hydroxyl groups is 1. The number of nitrogens with zero attached hydrogens (tertiary/aromatic N) is 2. The molecule has 0 aliphatic carbocycles. The van der Waals surface area contributed by atoms with Crippen LogP contribution in [0.25, 0.3) is 33.1 Å². The maximum atomic E-state index is 13.4. The lowest BCUT2D eigenvalue weighted by molar-refractivity contribution is -0.172. The largest absolute Gasteiger partial charge is 0.458 e. The number of pyridine rings is 2. The average Bonchev–Trinajstić information content (AvgIpc) is 3.30. The summed E-state index contributed by atoms with van der Waals surface area (Å²) in [6.07, 6.45) is 0.0944. The number of fused-ring (bicyclic) bond motifs is 7. The number of carbonyl (C=O) groups excluding carboxylic acids is 2. The molecule has 0 fully saturated rings. The van der Waals surface area contributed by atoms with Gasteiger partial charge in [-0.2, -0.15) is 0 Å². The van der Waals surface area contributed by atoms with Gasteiger partial charge in [-0.1, -0.05) is 25.1 Å². The van der Waals surface area contributed by atoms with Gasteiger partial charge in [-0.15, -0.1) is 0 Å². The van der Waals surface area contributed by atoms with Gasteiger partial charge < -0.3 is 30.2 Å². The predicted octanol–water partition coefficient (Wildman–Crippen LogP) is 1.78. The SMILES string of the molecule is CC[C@@]1(O)C(=O)OCc2c1cc1n(c2=O)Cc2cc3c(ccc4ccc(COCNC(=O)CN)cc43)nc2-1. The Kier molecular flexibility index (Phi) is 5.75. The van der Waals surface area contributed by atoms with Crippen LogP contribution in [0.4, 0.5) is 0 Å². The summed E-state index contributed by atoms with van der Waals surface area (Å²) in [6, 6.07) is 13.7. The van der Waals surface area contributed by atoms with Gasteiger partial charge in [-0.05, 0) is 47.0 Å². The second kappa shape index (κ2) is 9.02. The van der Waals surface area contributed by atoms with Crippen LogP contribution in [-0.4, -0.2) is 39.8 Å². The van der Waals surface area contributed by atoms with E-state index in [0.717, 1.165) is 32.8 Å². The molecule has 1 atom stereocenters. The van der Waals surface area contributed by atoms with Gasteiger partial charge in [0.2, 0.25) is 5.91 Å². The van der Waals surface area contributed by atoms with Crippen molar-refractivity contribution in [3.05, 3.63) is 75.1 Å². The number of amides is 1. The van der Waals surface area contributed by atoms with Crippen LogP contribution in [0.2, 0.25) is 0 Å². The van der Waals surface area contributed by atoms with Gasteiger partial charge in [0.15, 0.2) is 5.60 Å². The monoisotopic (exact) mass is 514 g/mol. The first-order chi connectivity index (χ1) is 18.3. The van der Waals surface area contributed by atoms with Crippen LogP contribution in [0.1, 0.15) is 35.6 Å². The molecule has 0 bridgehead atoms. The van der Waals surface area contributed by atoms with Crippen molar-refractivity contribution in [1.29, 1.82) is 0 Å². The summed E-state index contributed by atoms with van der Waals surface area (Å²) in [5, 5.41) is 16.6. The fraction of sp³-hybridized carbons (Fsp3) is 0.286. The van der Waals surface area contributed by atoms with E-state index in [1.165, 1.54) is 0 Å². The van der Waals surface area contributed by atoms with E-state index in [2.05, 4.69) is 5.32 Å². The number of nitrogens with one attached hydrogen (secondary N) is 1. The number of benzene rings is 2. The van der Waals surface area contributed by atoms with E-state index in [1.54, 1.807) is 17.6 Å². The summed E-state index contributed by atoms with van der Waals surface area (Å²) in [7, 11) is 0. The highest BCUT2D eigenvalue weighted by Gasteiger charge is 2.45. The van der Waals surface area contributed by atoms with Crippen LogP contribution >= 0.6 is 0 Å². The van der Waals surface area contributed by atoms with E-state index < -0.39 is 11.6 Å². The van der Waals surface area contributed by atoms with Gasteiger partial charge in [0.1, 0.15) is 13.3 Å². The first-order valence-corrected chi connectivity index (χ1v) is 12.4. The van der Waals surface area contributed by atoms with Gasteiger partial charge in [-0.3, -0.25) is 9.59 Å². The minimum Gasteiger partial charge on any atom is -0.458 e. The van der Waals surface area contributed by atoms with Crippen molar-refractivity contribution in [2.75, 3.05) is 13.3 Å². The maximum Gasteiger partial charge on any atom is 0.343 e. The Morgan fingerprint density at radius 2 is 2.03 bits per heavy atom. The predicted molar refractivity (Wildman–Crippen MR) is 139 cm³/mol. The molecule has 4 heterocycles. The van der Waals surface area contributed by atoms with Gasteiger partial charge in [0.05, 0.1) is 42.2 Å². The molecule has 0 radical (unpaired) electrons. The lowest BCUT2D eigenvalue weighted by Gasteiger charge is -2.31. The molecule has 10 nitrogen and oxygen atoms in total. The maximum absolute atomic E-state index is 13.4. The number of esters is 1. The Hall–Kier alpha value is -4.12. The topological polar surface area (TPSA) is 146 Å². The molecule has 2 aromatic carbocycles. The summed E-state index contributed by atoms with van der Waals surface area (Å²) in [4.78, 5) is 42.0. The first kappa shape index (κ1) is 24.2. The Labute approximate surface area is 217 Å². The van der Waals surface area contributed by atoms with E-state index in [9.17, 15) is 19.5 Å². The van der Waals surface area contributed by atoms with E-state index >= 15 is 0 Å². The molecule has 10 heteroatoms. The molecular formula is C28H26N4O6. The third kappa shape index (κ3) is 3.68. The zero-order chi connectivity index (χ0) is 26.6. The number of cyclic esters (lactones) is 1. The molecule has 2 aromatic heterocycles. The minimum atomic E-state index is -1.86. The van der Waals surface area contributed by atoms with Crippen molar-refractivity contribution in [2.45, 2.75) is 38.7 Å². The number of ether oxygens (including phenoxy) is 2. The van der Waals surface area contributed by atoms with Crippen LogP contribution in [0.5, 0.6) is 0 Å². The molecule has 0 saturated heterocycles. The Balaban J connectivity index is 1.41. The fourth-order valence-electron chi connectivity index (χ4n) is 5.29. The third-order valence-corrected chi connectivity index (χ3v) is 7.40. The lowest BCUT2D eigenvalue weighted by Crippen LogP contribution is -2.44. The van der Waals surface area contributed by atoms with E-state index in [1.807, 2.05) is 36.4 Å². The van der Waals surface area contributed by atoms with Gasteiger partial charge in [0.25, 0.3) is 5.56 Å². The van der Waals surface area contributed by atoms with Gasteiger partial charge >= 0.3 is 5.97 Å². The Bertz CT molecular complexity index is 1710. The van der Waals surface area contributed by atoms with E-state index in [0.29, 0.717) is 35.7 Å². The van der Waals surface area contributed by atoms with Crippen LogP contribution in [-0.2, 0) is 44.4 Å². The normalized spacial score (nSPS) is 17.7. The van der Waals surface area contributed by atoms with Crippen LogP contribution in [0.15, 0.2) is 47.3 Å². The van der Waals surface area contributed by atoms with E-state index in [4.69, 9.17) is 20.2 Å². The molecule has 0 saturated carbocycles. The molecular weight excluding hydrogens is 488 g/mol. The second-order valence-corrected chi connectivity index (χ2v) is 9.58. The highest BCUT2D eigenvalue weighted by atomic mass is 16.6. The zero-order valence-corrected chi connectivity index (χ0v) is 20.7. The number of nitrogens with two attached hydrogens (primary N) is 1. The van der Waals surface area contributed by atoms with Crippen molar-refractivity contribution in [3.63, 3.8) is 0 Å². The summed E-state index contributed by atoms with van der Waals surface area (Å²) in [5.41, 5.74) is 7.55. The molecule has 1 amide bonds. The third-order valence-electron chi connectivity index (χ3n) is 7.40. The minimum absolute atomic E-state index is 0.0689. The summed E-state index contributed by atoms with van der Waals surface area (Å²) in [6.45, 7) is 2.14. The average molecular weight is 515 g/mol. The number of aromatic nitrogens is 2. The van der Waals surface area contributed by atoms with Crippen LogP contribution in [0.3, 0.4) is 0 Å². The lowest BCUT2D eigenvalue weighted by atomic mass is 9.86. The summed E-state index contributed by atoms with van der Waals surface area (Å²) >= 11 is 0. The second-order valence-electron chi connectivity index (χ2n) is 9.58. The smallest absolute Gasteiger partial charge is 0.343 e. The highest BCUT2D eigenvalue weighted by Crippen LogP contribution is 2.39. The number of carbonyl (C=O) groups is 2. The summed E-state index contributed by atoms with van der Waals surface area (Å²) < 4.78 is 12.3. The number of hydrogen-bond acceptors (Lipinski definition) is 8. The highest BCUT2D eigenvalue weighted by molar-refractivity contribution is 6.07. The van der Waals surface area contributed by atoms with Crippen molar-refractivity contribution >= 4 is 33.6 Å². The van der Waals surface area contributed by atoms with E-state index in [-0.39, 0.29) is 37.8 Å². The Morgan fingerprint density at radius 3 is 2.82 bits per heavy atom. The molecule has 4 aromatic rings. The van der Waals surface area contributed by atoms with Crippen LogP contribution < -0.4 is 16.6 Å². The molecule has 38 heavy (non-hydrogen) atoms. The summed E-state index contributed by atoms with van der Waals surface area (Å²) in [5.74, 6) is -1.02. The number of hydrogen-bond donors (Lipinski definition) is 3. The fourth-order valence-corrected chi connectivity index (χ4v) is 5.29. The van der Waals surface area contributed by atoms with Crippen molar-refractivity contribution in [1.82, 2.24) is 14.9 Å². The standard InChI is InChI=1S/C28H26N4O6/c1-2-28(36)21-9-23-25-17(11-32(23)26(34)20(21)13-38-27(28)35)8-19-18-7-15(12-37-14-30-24(33)10-29)3-4-16(18)5-6-22(19)31-25/h3-9,36H,2,10-14,29H2,1H3,(H,30,33)/t28-/m0/s1. The molecule has 194 valence electrons. The van der Waals surface area contributed by atoms with Crippen molar-refractivity contribution in [3.8, 4) is 11.4 Å². The molecule has 2 aliphatic rings. The molecule has 6 rings (SSSR count). The number of rotatable bonds is 6.